The summed E-state index contributed by atoms with van der Waals surface area (Å²) in [7, 11) is 5.46. The summed E-state index contributed by atoms with van der Waals surface area (Å²) in [6.07, 6.45) is 0.0648. The average Bonchev–Trinajstić information content (AvgIpc) is 2.40. The molecular formula is C9H19BO3S. The summed E-state index contributed by atoms with van der Waals surface area (Å²) in [6, 6.07) is 0.197. The number of methoxy groups -OCH3 is 2. The van der Waals surface area contributed by atoms with Gasteiger partial charge in [0.2, 0.25) is 0 Å². The van der Waals surface area contributed by atoms with Gasteiger partial charge in [0.1, 0.15) is 13.4 Å². The minimum absolute atomic E-state index is 0.0648. The molecule has 1 aliphatic heterocycles. The van der Waals surface area contributed by atoms with Crippen molar-refractivity contribution in [1.82, 2.24) is 0 Å². The molecule has 1 rings (SSSR count). The van der Waals surface area contributed by atoms with Crippen LogP contribution in [0.2, 0.25) is 0 Å². The first-order chi connectivity index (χ1) is 6.61. The number of hydrogen-bond acceptors (Lipinski definition) is 4. The molecule has 0 amide bonds. The van der Waals surface area contributed by atoms with Crippen LogP contribution in [0.4, 0.5) is 0 Å². The molecule has 0 spiro atoms. The van der Waals surface area contributed by atoms with Crippen LogP contribution in [0.3, 0.4) is 0 Å². The highest BCUT2D eigenvalue weighted by Crippen LogP contribution is 2.37. The summed E-state index contributed by atoms with van der Waals surface area (Å²) in [4.78, 5) is 0. The Kier molecular flexibility index (Phi) is 4.31. The molecule has 0 radical (unpaired) electrons. The van der Waals surface area contributed by atoms with Crippen molar-refractivity contribution in [1.29, 1.82) is 0 Å². The van der Waals surface area contributed by atoms with Gasteiger partial charge in [-0.1, -0.05) is 6.92 Å². The smallest absolute Gasteiger partial charge is 0.139 e. The van der Waals surface area contributed by atoms with Gasteiger partial charge in [-0.05, 0) is 0 Å². The Balaban J connectivity index is 2.83. The zero-order valence-corrected chi connectivity index (χ0v) is 10.2. The van der Waals surface area contributed by atoms with Gasteiger partial charge in [-0.2, -0.15) is 12.6 Å². The normalized spacial score (nSPS) is 43.0. The summed E-state index contributed by atoms with van der Waals surface area (Å²) < 4.78 is 16.6. The molecule has 1 aliphatic rings. The maximum Gasteiger partial charge on any atom is 0.139 e. The Bertz CT molecular complexity index is 193. The first-order valence-electron chi connectivity index (χ1n) is 4.91. The number of ether oxygens (including phenoxy) is 3. The molecule has 1 heterocycles. The topological polar surface area (TPSA) is 27.7 Å². The molecule has 1 saturated heterocycles. The monoisotopic (exact) mass is 218 g/mol. The number of thiol groups is 1. The lowest BCUT2D eigenvalue weighted by molar-refractivity contribution is -0.101. The SMILES string of the molecule is B[C@@H]1O[C@](CS)(COC)C(OC)C1C. The molecule has 0 bridgehead atoms. The Labute approximate surface area is 92.3 Å². The van der Waals surface area contributed by atoms with Crippen LogP contribution in [-0.2, 0) is 14.2 Å². The van der Waals surface area contributed by atoms with E-state index in [2.05, 4.69) is 27.4 Å². The maximum atomic E-state index is 5.93. The third kappa shape index (κ3) is 1.96. The second-order valence-electron chi connectivity index (χ2n) is 3.99. The molecule has 0 aromatic carbocycles. The van der Waals surface area contributed by atoms with E-state index in [0.717, 1.165) is 0 Å². The van der Waals surface area contributed by atoms with Crippen molar-refractivity contribution >= 4 is 20.5 Å². The highest BCUT2D eigenvalue weighted by atomic mass is 32.1. The van der Waals surface area contributed by atoms with Crippen LogP contribution in [0.25, 0.3) is 0 Å². The Morgan fingerprint density at radius 3 is 2.57 bits per heavy atom. The molecule has 4 atom stereocenters. The van der Waals surface area contributed by atoms with Crippen molar-refractivity contribution in [3.8, 4) is 0 Å². The highest BCUT2D eigenvalue weighted by Gasteiger charge is 2.51. The molecule has 0 aromatic rings. The zero-order valence-electron chi connectivity index (χ0n) is 9.32. The summed E-state index contributed by atoms with van der Waals surface area (Å²) in [6.45, 7) is 2.67. The minimum atomic E-state index is -0.383. The second-order valence-corrected chi connectivity index (χ2v) is 4.31. The fraction of sp³-hybridized carbons (Fsp3) is 1.00. The van der Waals surface area contributed by atoms with Crippen molar-refractivity contribution in [3.05, 3.63) is 0 Å². The zero-order chi connectivity index (χ0) is 10.8. The van der Waals surface area contributed by atoms with Crippen LogP contribution in [0, 0.1) is 5.92 Å². The average molecular weight is 218 g/mol. The number of hydrogen-bond donors (Lipinski definition) is 1. The fourth-order valence-corrected chi connectivity index (χ4v) is 2.58. The Hall–Kier alpha value is 0.295. The summed E-state index contributed by atoms with van der Waals surface area (Å²) in [5.74, 6) is 0.996. The molecule has 14 heavy (non-hydrogen) atoms. The Morgan fingerprint density at radius 1 is 1.50 bits per heavy atom. The molecule has 0 aliphatic carbocycles. The molecular weight excluding hydrogens is 199 g/mol. The van der Waals surface area contributed by atoms with Crippen LogP contribution >= 0.6 is 12.6 Å². The molecule has 2 unspecified atom stereocenters. The lowest BCUT2D eigenvalue weighted by Crippen LogP contribution is -2.48. The number of rotatable bonds is 4. The lowest BCUT2D eigenvalue weighted by Gasteiger charge is -2.32. The van der Waals surface area contributed by atoms with Crippen LogP contribution in [0.5, 0.6) is 0 Å². The van der Waals surface area contributed by atoms with Crippen molar-refractivity contribution < 1.29 is 14.2 Å². The highest BCUT2D eigenvalue weighted by molar-refractivity contribution is 7.80. The van der Waals surface area contributed by atoms with Gasteiger partial charge in [0.15, 0.2) is 0 Å². The van der Waals surface area contributed by atoms with E-state index in [9.17, 15) is 0 Å². The molecule has 5 heteroatoms. The molecule has 82 valence electrons. The van der Waals surface area contributed by atoms with E-state index in [1.807, 2.05) is 0 Å². The predicted octanol–water partition coefficient (Wildman–Crippen LogP) is -0.0581. The van der Waals surface area contributed by atoms with Crippen molar-refractivity contribution in [2.75, 3.05) is 26.6 Å². The third-order valence-corrected chi connectivity index (χ3v) is 3.60. The van der Waals surface area contributed by atoms with E-state index in [4.69, 9.17) is 14.2 Å². The van der Waals surface area contributed by atoms with Gasteiger partial charge in [-0.3, -0.25) is 0 Å². The van der Waals surface area contributed by atoms with Gasteiger partial charge in [0, 0.05) is 31.9 Å². The van der Waals surface area contributed by atoms with Crippen LogP contribution in [0.15, 0.2) is 0 Å². The van der Waals surface area contributed by atoms with Crippen molar-refractivity contribution in [3.63, 3.8) is 0 Å². The lowest BCUT2D eigenvalue weighted by atomic mass is 9.83. The molecule has 0 aromatic heterocycles. The van der Waals surface area contributed by atoms with Crippen LogP contribution in [0.1, 0.15) is 6.92 Å². The van der Waals surface area contributed by atoms with Gasteiger partial charge < -0.3 is 14.2 Å². The summed E-state index contributed by atoms with van der Waals surface area (Å²) in [5.41, 5.74) is -0.383. The van der Waals surface area contributed by atoms with Gasteiger partial charge in [0.05, 0.1) is 12.7 Å². The molecule has 0 saturated carbocycles. The van der Waals surface area contributed by atoms with Gasteiger partial charge in [-0.25, -0.2) is 0 Å². The van der Waals surface area contributed by atoms with Crippen LogP contribution < -0.4 is 0 Å². The first kappa shape index (κ1) is 12.4. The fourth-order valence-electron chi connectivity index (χ4n) is 2.23. The van der Waals surface area contributed by atoms with E-state index in [0.29, 0.717) is 18.3 Å². The molecule has 0 N–H and O–H groups in total. The largest absolute Gasteiger partial charge is 0.382 e. The van der Waals surface area contributed by atoms with Gasteiger partial charge >= 0.3 is 0 Å². The van der Waals surface area contributed by atoms with E-state index in [-0.39, 0.29) is 17.7 Å². The van der Waals surface area contributed by atoms with E-state index in [1.54, 1.807) is 14.2 Å². The van der Waals surface area contributed by atoms with E-state index >= 15 is 0 Å². The van der Waals surface area contributed by atoms with Gasteiger partial charge in [-0.15, -0.1) is 0 Å². The summed E-state index contributed by atoms with van der Waals surface area (Å²) >= 11 is 4.34. The van der Waals surface area contributed by atoms with E-state index in [1.165, 1.54) is 0 Å². The standard InChI is InChI=1S/C9H19BO3S/c1-6-7(12-3)9(5-14,4-11-2)13-8(6)10/h6-8,14H,4-5,10H2,1-3H3/t6?,7?,8-,9+/m1/s1. The maximum absolute atomic E-state index is 5.93. The minimum Gasteiger partial charge on any atom is -0.382 e. The summed E-state index contributed by atoms with van der Waals surface area (Å²) in [5, 5.41) is 0. The van der Waals surface area contributed by atoms with Crippen LogP contribution in [-0.4, -0.2) is 52.1 Å². The van der Waals surface area contributed by atoms with Gasteiger partial charge in [0.25, 0.3) is 0 Å². The second kappa shape index (κ2) is 4.88. The Morgan fingerprint density at radius 2 is 2.14 bits per heavy atom. The molecule has 3 nitrogen and oxygen atoms in total. The predicted molar refractivity (Wildman–Crippen MR) is 61.8 cm³/mol. The third-order valence-electron chi connectivity index (χ3n) is 3.07. The first-order valence-corrected chi connectivity index (χ1v) is 5.55. The molecule has 1 fully saturated rings. The quantitative estimate of drug-likeness (QED) is 0.529. The van der Waals surface area contributed by atoms with E-state index < -0.39 is 0 Å². The van der Waals surface area contributed by atoms with Crippen molar-refractivity contribution in [2.24, 2.45) is 5.92 Å². The van der Waals surface area contributed by atoms with Crippen molar-refractivity contribution in [2.45, 2.75) is 24.6 Å².